The van der Waals surface area contributed by atoms with E-state index in [-0.39, 0.29) is 17.4 Å². The van der Waals surface area contributed by atoms with E-state index in [1.54, 1.807) is 19.2 Å². The molecule has 1 spiro atoms. The third-order valence-corrected chi connectivity index (χ3v) is 5.59. The summed E-state index contributed by atoms with van der Waals surface area (Å²) >= 11 is 0. The van der Waals surface area contributed by atoms with Crippen LogP contribution in [-0.2, 0) is 16.1 Å². The van der Waals surface area contributed by atoms with Gasteiger partial charge in [-0.15, -0.1) is 0 Å². The molecule has 0 aromatic carbocycles. The van der Waals surface area contributed by atoms with Crippen molar-refractivity contribution in [3.8, 4) is 0 Å². The maximum absolute atomic E-state index is 12.8. The topological polar surface area (TPSA) is 51.9 Å². The Labute approximate surface area is 137 Å². The largest absolute Gasteiger partial charge is 0.453 e. The van der Waals surface area contributed by atoms with E-state index in [2.05, 4.69) is 0 Å². The molecule has 2 saturated carbocycles. The molecular weight excluding hydrogens is 294 g/mol. The zero-order chi connectivity index (χ0) is 16.4. The molecule has 0 N–H and O–H groups in total. The van der Waals surface area contributed by atoms with Gasteiger partial charge in [-0.3, -0.25) is 4.79 Å². The maximum Gasteiger partial charge on any atom is 0.289 e. The Kier molecular flexibility index (Phi) is 4.78. The highest BCUT2D eigenvalue weighted by Gasteiger charge is 2.59. The van der Waals surface area contributed by atoms with Gasteiger partial charge in [-0.2, -0.15) is 0 Å². The normalized spacial score (nSPS) is 25.5. The molecule has 0 saturated heterocycles. The molecule has 128 valence electrons. The molecule has 1 heterocycles. The van der Waals surface area contributed by atoms with Gasteiger partial charge >= 0.3 is 0 Å². The fraction of sp³-hybridized carbons (Fsp3) is 0.722. The van der Waals surface area contributed by atoms with Crippen LogP contribution in [0.2, 0.25) is 0 Å². The van der Waals surface area contributed by atoms with E-state index in [1.165, 1.54) is 12.8 Å². The van der Waals surface area contributed by atoms with Crippen LogP contribution < -0.4 is 0 Å². The number of carbonyl (C=O) groups excluding carboxylic acids is 1. The molecule has 0 radical (unpaired) electrons. The smallest absolute Gasteiger partial charge is 0.289 e. The predicted molar refractivity (Wildman–Crippen MR) is 86.2 cm³/mol. The van der Waals surface area contributed by atoms with Crippen molar-refractivity contribution in [1.82, 2.24) is 4.90 Å². The molecule has 5 heteroatoms. The summed E-state index contributed by atoms with van der Waals surface area (Å²) < 4.78 is 16.6. The van der Waals surface area contributed by atoms with E-state index in [0.29, 0.717) is 24.2 Å². The van der Waals surface area contributed by atoms with Gasteiger partial charge in [-0.1, -0.05) is 12.8 Å². The van der Waals surface area contributed by atoms with Crippen LogP contribution in [0.15, 0.2) is 16.5 Å². The van der Waals surface area contributed by atoms with E-state index in [0.717, 1.165) is 25.9 Å². The standard InChI is InChI=1S/C18H27NO4/c1-4-22-16-11-15(18(16)9-5-6-10-18)19(2)17(20)14-8-7-13(23-14)12-21-3/h7-8,15-16H,4-6,9-12H2,1-3H3. The number of rotatable bonds is 6. The molecule has 2 unspecified atom stereocenters. The van der Waals surface area contributed by atoms with Crippen molar-refractivity contribution in [2.24, 2.45) is 5.41 Å². The number of methoxy groups -OCH3 is 1. The first-order chi connectivity index (χ1) is 11.1. The number of amides is 1. The summed E-state index contributed by atoms with van der Waals surface area (Å²) in [4.78, 5) is 14.6. The Balaban J connectivity index is 1.71. The Morgan fingerprint density at radius 1 is 1.39 bits per heavy atom. The summed E-state index contributed by atoms with van der Waals surface area (Å²) in [5.74, 6) is 1.03. The predicted octanol–water partition coefficient (Wildman–Crippen LogP) is 3.24. The van der Waals surface area contributed by atoms with Crippen molar-refractivity contribution in [2.45, 2.75) is 57.8 Å². The molecule has 23 heavy (non-hydrogen) atoms. The lowest BCUT2D eigenvalue weighted by atomic mass is 9.60. The molecule has 3 rings (SSSR count). The summed E-state index contributed by atoms with van der Waals surface area (Å²) in [6.07, 6.45) is 6.03. The number of hydrogen-bond acceptors (Lipinski definition) is 4. The third kappa shape index (κ3) is 2.81. The molecule has 0 bridgehead atoms. The summed E-state index contributed by atoms with van der Waals surface area (Å²) in [7, 11) is 3.51. The molecule has 1 amide bonds. The Bertz CT molecular complexity index is 547. The minimum absolute atomic E-state index is 0.0430. The lowest BCUT2D eigenvalue weighted by molar-refractivity contribution is -0.152. The highest BCUT2D eigenvalue weighted by molar-refractivity contribution is 5.91. The second kappa shape index (κ2) is 6.65. The first-order valence-electron chi connectivity index (χ1n) is 8.58. The molecule has 1 aromatic rings. The molecule has 2 fully saturated rings. The van der Waals surface area contributed by atoms with Gasteiger partial charge in [0, 0.05) is 32.2 Å². The first-order valence-corrected chi connectivity index (χ1v) is 8.58. The highest BCUT2D eigenvalue weighted by Crippen LogP contribution is 2.56. The lowest BCUT2D eigenvalue weighted by Crippen LogP contribution is -2.63. The SMILES string of the molecule is CCOC1CC(N(C)C(=O)c2ccc(COC)o2)C12CCCC2. The van der Waals surface area contributed by atoms with E-state index in [9.17, 15) is 4.79 Å². The highest BCUT2D eigenvalue weighted by atomic mass is 16.5. The van der Waals surface area contributed by atoms with Gasteiger partial charge in [0.15, 0.2) is 5.76 Å². The van der Waals surface area contributed by atoms with Gasteiger partial charge in [0.05, 0.1) is 6.10 Å². The van der Waals surface area contributed by atoms with Gasteiger partial charge < -0.3 is 18.8 Å². The molecule has 5 nitrogen and oxygen atoms in total. The van der Waals surface area contributed by atoms with Gasteiger partial charge in [-0.05, 0) is 38.3 Å². The average Bonchev–Trinajstić information content (AvgIpc) is 3.20. The zero-order valence-corrected chi connectivity index (χ0v) is 14.3. The van der Waals surface area contributed by atoms with Gasteiger partial charge in [0.25, 0.3) is 5.91 Å². The van der Waals surface area contributed by atoms with Gasteiger partial charge in [0.2, 0.25) is 0 Å². The van der Waals surface area contributed by atoms with Crippen molar-refractivity contribution >= 4 is 5.91 Å². The van der Waals surface area contributed by atoms with Crippen molar-refractivity contribution in [3.05, 3.63) is 23.7 Å². The Morgan fingerprint density at radius 3 is 2.78 bits per heavy atom. The van der Waals surface area contributed by atoms with Crippen LogP contribution in [0.4, 0.5) is 0 Å². The number of furan rings is 1. The summed E-state index contributed by atoms with van der Waals surface area (Å²) in [5.41, 5.74) is 0.155. The average molecular weight is 321 g/mol. The maximum atomic E-state index is 12.8. The van der Waals surface area contributed by atoms with Crippen LogP contribution in [0.1, 0.15) is 55.3 Å². The van der Waals surface area contributed by atoms with Gasteiger partial charge in [-0.25, -0.2) is 0 Å². The lowest BCUT2D eigenvalue weighted by Gasteiger charge is -2.56. The number of nitrogens with zero attached hydrogens (tertiary/aromatic N) is 1. The zero-order valence-electron chi connectivity index (χ0n) is 14.3. The fourth-order valence-electron chi connectivity index (χ4n) is 4.42. The van der Waals surface area contributed by atoms with Crippen LogP contribution >= 0.6 is 0 Å². The van der Waals surface area contributed by atoms with E-state index < -0.39 is 0 Å². The first kappa shape index (κ1) is 16.5. The molecule has 0 aliphatic heterocycles. The second-order valence-electron chi connectivity index (χ2n) is 6.75. The Hall–Kier alpha value is -1.33. The monoisotopic (exact) mass is 321 g/mol. The number of hydrogen-bond donors (Lipinski definition) is 0. The fourth-order valence-corrected chi connectivity index (χ4v) is 4.42. The van der Waals surface area contributed by atoms with Crippen molar-refractivity contribution < 1.29 is 18.7 Å². The molecule has 2 atom stereocenters. The van der Waals surface area contributed by atoms with E-state index >= 15 is 0 Å². The summed E-state index contributed by atoms with van der Waals surface area (Å²) in [6, 6.07) is 3.80. The van der Waals surface area contributed by atoms with Crippen LogP contribution in [0.5, 0.6) is 0 Å². The van der Waals surface area contributed by atoms with Crippen LogP contribution in [0.25, 0.3) is 0 Å². The quantitative estimate of drug-likeness (QED) is 0.807. The van der Waals surface area contributed by atoms with Crippen molar-refractivity contribution in [2.75, 3.05) is 20.8 Å². The molecule has 2 aliphatic rings. The van der Waals surface area contributed by atoms with Gasteiger partial charge in [0.1, 0.15) is 12.4 Å². The molecule has 2 aliphatic carbocycles. The minimum atomic E-state index is -0.0430. The van der Waals surface area contributed by atoms with Crippen molar-refractivity contribution in [1.29, 1.82) is 0 Å². The minimum Gasteiger partial charge on any atom is -0.453 e. The number of carbonyl (C=O) groups is 1. The van der Waals surface area contributed by atoms with Crippen LogP contribution in [0, 0.1) is 5.41 Å². The Morgan fingerprint density at radius 2 is 2.13 bits per heavy atom. The van der Waals surface area contributed by atoms with Crippen LogP contribution in [-0.4, -0.2) is 43.7 Å². The number of ether oxygens (including phenoxy) is 2. The third-order valence-electron chi connectivity index (χ3n) is 5.59. The summed E-state index contributed by atoms with van der Waals surface area (Å²) in [5, 5.41) is 0. The van der Waals surface area contributed by atoms with Crippen LogP contribution in [0.3, 0.4) is 0 Å². The summed E-state index contributed by atoms with van der Waals surface area (Å²) in [6.45, 7) is 3.18. The van der Waals surface area contributed by atoms with E-state index in [4.69, 9.17) is 13.9 Å². The second-order valence-corrected chi connectivity index (χ2v) is 6.75. The van der Waals surface area contributed by atoms with E-state index in [1.807, 2.05) is 18.9 Å². The molecular formula is C18H27NO4. The molecule has 1 aromatic heterocycles. The van der Waals surface area contributed by atoms with Crippen molar-refractivity contribution in [3.63, 3.8) is 0 Å².